The van der Waals surface area contributed by atoms with Crippen molar-refractivity contribution in [3.8, 4) is 12.3 Å². The minimum atomic E-state index is -1.51. The van der Waals surface area contributed by atoms with Crippen LogP contribution in [0.25, 0.3) is 0 Å². The van der Waals surface area contributed by atoms with Crippen LogP contribution in [0.1, 0.15) is 18.6 Å². The summed E-state index contributed by atoms with van der Waals surface area (Å²) in [4.78, 5) is 0. The Labute approximate surface area is 77.8 Å². The molecule has 0 spiro atoms. The van der Waals surface area contributed by atoms with Crippen molar-refractivity contribution < 1.29 is 10.2 Å². The van der Waals surface area contributed by atoms with E-state index in [0.717, 1.165) is 0 Å². The average molecular weight is 176 g/mol. The lowest BCUT2D eigenvalue weighted by Crippen LogP contribution is -2.30. The number of terminal acetylenes is 1. The summed E-state index contributed by atoms with van der Waals surface area (Å²) in [5, 5.41) is 19.2. The molecule has 2 nitrogen and oxygen atoms in total. The summed E-state index contributed by atoms with van der Waals surface area (Å²) < 4.78 is 0. The van der Waals surface area contributed by atoms with Gasteiger partial charge in [0.15, 0.2) is 5.60 Å². The van der Waals surface area contributed by atoms with E-state index in [1.54, 1.807) is 24.3 Å². The van der Waals surface area contributed by atoms with E-state index in [2.05, 4.69) is 5.92 Å². The highest BCUT2D eigenvalue weighted by atomic mass is 16.3. The molecule has 1 aromatic rings. The molecule has 0 radical (unpaired) electrons. The second-order valence-electron chi connectivity index (χ2n) is 3.11. The first-order valence-electron chi connectivity index (χ1n) is 4.01. The quantitative estimate of drug-likeness (QED) is 0.662. The van der Waals surface area contributed by atoms with Crippen molar-refractivity contribution in [3.05, 3.63) is 35.9 Å². The summed E-state index contributed by atoms with van der Waals surface area (Å²) in [5.74, 6) is 2.15. The lowest BCUT2D eigenvalue weighted by Gasteiger charge is -2.23. The Morgan fingerprint density at radius 1 is 1.38 bits per heavy atom. The first-order chi connectivity index (χ1) is 6.08. The SMILES string of the molecule is C#C[C@](C)(O)[C@H](O)c1ccccc1. The van der Waals surface area contributed by atoms with Gasteiger partial charge in [0.05, 0.1) is 0 Å². The van der Waals surface area contributed by atoms with Gasteiger partial charge in [-0.05, 0) is 12.5 Å². The summed E-state index contributed by atoms with van der Waals surface area (Å²) in [6.45, 7) is 1.41. The molecule has 13 heavy (non-hydrogen) atoms. The van der Waals surface area contributed by atoms with Crippen molar-refractivity contribution in [2.45, 2.75) is 18.6 Å². The Balaban J connectivity index is 2.94. The maximum atomic E-state index is 9.66. The smallest absolute Gasteiger partial charge is 0.152 e. The molecule has 0 aliphatic carbocycles. The van der Waals surface area contributed by atoms with Crippen LogP contribution in [0.4, 0.5) is 0 Å². The molecule has 0 unspecified atom stereocenters. The third-order valence-electron chi connectivity index (χ3n) is 1.94. The zero-order chi connectivity index (χ0) is 9.90. The molecule has 2 atom stereocenters. The van der Waals surface area contributed by atoms with Gasteiger partial charge < -0.3 is 10.2 Å². The lowest BCUT2D eigenvalue weighted by molar-refractivity contribution is -0.0204. The Hall–Kier alpha value is -1.30. The van der Waals surface area contributed by atoms with E-state index in [0.29, 0.717) is 5.56 Å². The van der Waals surface area contributed by atoms with E-state index in [9.17, 15) is 10.2 Å². The van der Waals surface area contributed by atoms with Gasteiger partial charge in [-0.2, -0.15) is 0 Å². The molecular formula is C11H12O2. The molecule has 0 aromatic heterocycles. The van der Waals surface area contributed by atoms with Crippen molar-refractivity contribution in [2.24, 2.45) is 0 Å². The molecule has 0 heterocycles. The highest BCUT2D eigenvalue weighted by Crippen LogP contribution is 2.24. The highest BCUT2D eigenvalue weighted by Gasteiger charge is 2.28. The predicted molar refractivity (Wildman–Crippen MR) is 50.9 cm³/mol. The summed E-state index contributed by atoms with van der Waals surface area (Å²) >= 11 is 0. The van der Waals surface area contributed by atoms with Crippen molar-refractivity contribution >= 4 is 0 Å². The third-order valence-corrected chi connectivity index (χ3v) is 1.94. The number of rotatable bonds is 2. The summed E-state index contributed by atoms with van der Waals surface area (Å²) in [5.41, 5.74) is -0.896. The van der Waals surface area contributed by atoms with Gasteiger partial charge >= 0.3 is 0 Å². The normalized spacial score (nSPS) is 17.1. The maximum absolute atomic E-state index is 9.66. The van der Waals surface area contributed by atoms with Gasteiger partial charge in [-0.3, -0.25) is 0 Å². The molecule has 0 bridgehead atoms. The van der Waals surface area contributed by atoms with Gasteiger partial charge in [-0.1, -0.05) is 36.3 Å². The zero-order valence-electron chi connectivity index (χ0n) is 7.44. The predicted octanol–water partition coefficient (Wildman–Crippen LogP) is 1.10. The monoisotopic (exact) mass is 176 g/mol. The molecule has 2 heteroatoms. The van der Waals surface area contributed by atoms with Crippen molar-refractivity contribution in [2.75, 3.05) is 0 Å². The Bertz CT molecular complexity index is 309. The second kappa shape index (κ2) is 3.61. The molecule has 0 aliphatic heterocycles. The van der Waals surface area contributed by atoms with E-state index >= 15 is 0 Å². The van der Waals surface area contributed by atoms with E-state index in [1.165, 1.54) is 6.92 Å². The molecule has 1 rings (SSSR count). The highest BCUT2D eigenvalue weighted by molar-refractivity contribution is 5.24. The summed E-state index contributed by atoms with van der Waals surface area (Å²) in [6, 6.07) is 8.84. The van der Waals surface area contributed by atoms with Gasteiger partial charge in [0.1, 0.15) is 6.10 Å². The summed E-state index contributed by atoms with van der Waals surface area (Å²) in [6.07, 6.45) is 4.04. The first kappa shape index (κ1) is 9.79. The first-order valence-corrected chi connectivity index (χ1v) is 4.01. The number of hydrogen-bond donors (Lipinski definition) is 2. The van der Waals surface area contributed by atoms with Crippen LogP contribution in [-0.2, 0) is 0 Å². The molecule has 0 saturated heterocycles. The van der Waals surface area contributed by atoms with Gasteiger partial charge in [0, 0.05) is 0 Å². The molecule has 0 amide bonds. The van der Waals surface area contributed by atoms with Gasteiger partial charge in [0.25, 0.3) is 0 Å². The number of benzene rings is 1. The van der Waals surface area contributed by atoms with Crippen molar-refractivity contribution in [1.82, 2.24) is 0 Å². The Morgan fingerprint density at radius 2 is 1.92 bits per heavy atom. The number of hydrogen-bond acceptors (Lipinski definition) is 2. The van der Waals surface area contributed by atoms with Crippen molar-refractivity contribution in [3.63, 3.8) is 0 Å². The van der Waals surface area contributed by atoms with Crippen molar-refractivity contribution in [1.29, 1.82) is 0 Å². The largest absolute Gasteiger partial charge is 0.384 e. The van der Waals surface area contributed by atoms with Crippen LogP contribution in [0.15, 0.2) is 30.3 Å². The molecule has 1 aromatic carbocycles. The fourth-order valence-electron chi connectivity index (χ4n) is 1.04. The van der Waals surface area contributed by atoms with E-state index in [4.69, 9.17) is 6.42 Å². The molecular weight excluding hydrogens is 164 g/mol. The zero-order valence-corrected chi connectivity index (χ0v) is 7.44. The fraction of sp³-hybridized carbons (Fsp3) is 0.273. The van der Waals surface area contributed by atoms with Crippen LogP contribution >= 0.6 is 0 Å². The van der Waals surface area contributed by atoms with Gasteiger partial charge in [0.2, 0.25) is 0 Å². The minimum Gasteiger partial charge on any atom is -0.384 e. The lowest BCUT2D eigenvalue weighted by atomic mass is 9.94. The van der Waals surface area contributed by atoms with Gasteiger partial charge in [-0.25, -0.2) is 0 Å². The third kappa shape index (κ3) is 2.09. The Kier molecular flexibility index (Phi) is 2.72. The van der Waals surface area contributed by atoms with Crippen LogP contribution < -0.4 is 0 Å². The van der Waals surface area contributed by atoms with Crippen LogP contribution in [0.5, 0.6) is 0 Å². The van der Waals surface area contributed by atoms with E-state index in [-0.39, 0.29) is 0 Å². The number of aliphatic hydroxyl groups excluding tert-OH is 1. The van der Waals surface area contributed by atoms with Crippen LogP contribution in [0.2, 0.25) is 0 Å². The standard InChI is InChI=1S/C11H12O2/c1-3-11(2,13)10(12)9-7-5-4-6-8-9/h1,4-8,10,12-13H,2H3/t10-,11+/m1/s1. The molecule has 0 fully saturated rings. The fourth-order valence-corrected chi connectivity index (χ4v) is 1.04. The summed E-state index contributed by atoms with van der Waals surface area (Å²) in [7, 11) is 0. The maximum Gasteiger partial charge on any atom is 0.152 e. The average Bonchev–Trinajstić information content (AvgIpc) is 2.18. The van der Waals surface area contributed by atoms with Crippen LogP contribution in [0, 0.1) is 12.3 Å². The van der Waals surface area contributed by atoms with Crippen LogP contribution in [0.3, 0.4) is 0 Å². The van der Waals surface area contributed by atoms with Gasteiger partial charge in [-0.15, -0.1) is 6.42 Å². The second-order valence-corrected chi connectivity index (χ2v) is 3.11. The number of aliphatic hydroxyl groups is 2. The topological polar surface area (TPSA) is 40.5 Å². The molecule has 68 valence electrons. The molecule has 0 saturated carbocycles. The minimum absolute atomic E-state index is 0.616. The van der Waals surface area contributed by atoms with Crippen LogP contribution in [-0.4, -0.2) is 15.8 Å². The van der Waals surface area contributed by atoms with E-state index in [1.807, 2.05) is 6.07 Å². The molecule has 2 N–H and O–H groups in total. The molecule has 0 aliphatic rings. The van der Waals surface area contributed by atoms with E-state index < -0.39 is 11.7 Å². The Morgan fingerprint density at radius 3 is 2.38 bits per heavy atom.